The Morgan fingerprint density at radius 3 is 2.33 bits per heavy atom. The molecule has 2 fully saturated rings. The average Bonchev–Trinajstić information content (AvgIpc) is 3.11. The lowest BCUT2D eigenvalue weighted by Gasteiger charge is -2.38. The summed E-state index contributed by atoms with van der Waals surface area (Å²) < 4.78 is 5.13. The highest BCUT2D eigenvalue weighted by Crippen LogP contribution is 2.26. The van der Waals surface area contributed by atoms with Crippen molar-refractivity contribution in [3.8, 4) is 5.75 Å². The Morgan fingerprint density at radius 2 is 1.75 bits per heavy atom. The number of primary amides is 1. The van der Waals surface area contributed by atoms with Gasteiger partial charge < -0.3 is 15.4 Å². The molecule has 2 heterocycles. The second kappa shape index (κ2) is 7.21. The zero-order valence-electron chi connectivity index (χ0n) is 14.1. The highest BCUT2D eigenvalue weighted by Gasteiger charge is 2.36. The molecule has 6 heteroatoms. The maximum absolute atomic E-state index is 12.6. The van der Waals surface area contributed by atoms with Gasteiger partial charge in [-0.25, -0.2) is 0 Å². The highest BCUT2D eigenvalue weighted by atomic mass is 16.5. The molecule has 0 saturated carbocycles. The molecule has 130 valence electrons. The molecular formula is C18H25N3O3. The molecule has 1 aromatic carbocycles. The number of rotatable bonds is 4. The average molecular weight is 331 g/mol. The van der Waals surface area contributed by atoms with E-state index in [4.69, 9.17) is 10.5 Å². The van der Waals surface area contributed by atoms with Gasteiger partial charge in [0, 0.05) is 24.7 Å². The molecule has 1 atom stereocenters. The van der Waals surface area contributed by atoms with Crippen LogP contribution in [0.15, 0.2) is 24.3 Å². The van der Waals surface area contributed by atoms with Gasteiger partial charge in [0.2, 0.25) is 5.91 Å². The van der Waals surface area contributed by atoms with Gasteiger partial charge in [-0.2, -0.15) is 0 Å². The molecule has 0 spiro atoms. The van der Waals surface area contributed by atoms with Gasteiger partial charge in [-0.05, 0) is 56.5 Å². The topological polar surface area (TPSA) is 75.9 Å². The number of hydrogen-bond acceptors (Lipinski definition) is 4. The third kappa shape index (κ3) is 3.38. The minimum atomic E-state index is -0.218. The predicted octanol–water partition coefficient (Wildman–Crippen LogP) is 1.25. The Balaban J connectivity index is 1.58. The first kappa shape index (κ1) is 16.8. The van der Waals surface area contributed by atoms with Crippen molar-refractivity contribution in [2.75, 3.05) is 26.7 Å². The van der Waals surface area contributed by atoms with Crippen LogP contribution in [-0.2, 0) is 4.79 Å². The van der Waals surface area contributed by atoms with Gasteiger partial charge in [-0.15, -0.1) is 0 Å². The monoisotopic (exact) mass is 331 g/mol. The Bertz CT molecular complexity index is 594. The van der Waals surface area contributed by atoms with Crippen molar-refractivity contribution in [3.05, 3.63) is 29.8 Å². The fourth-order valence-corrected chi connectivity index (χ4v) is 3.85. The molecule has 0 unspecified atom stereocenters. The minimum Gasteiger partial charge on any atom is -0.497 e. The Labute approximate surface area is 142 Å². The van der Waals surface area contributed by atoms with Crippen LogP contribution in [0.5, 0.6) is 5.75 Å². The second-order valence-corrected chi connectivity index (χ2v) is 6.55. The van der Waals surface area contributed by atoms with Gasteiger partial charge in [0.15, 0.2) is 0 Å². The smallest absolute Gasteiger partial charge is 0.253 e. The van der Waals surface area contributed by atoms with Gasteiger partial charge in [-0.3, -0.25) is 14.5 Å². The number of likely N-dealkylation sites (tertiary alicyclic amines) is 2. The normalized spacial score (nSPS) is 22.5. The number of hydrogen-bond donors (Lipinski definition) is 1. The van der Waals surface area contributed by atoms with Crippen molar-refractivity contribution in [2.45, 2.75) is 37.8 Å². The standard InChI is InChI=1S/C18H25N3O3/c1-24-15-6-4-13(5-7-15)18(23)20-11-8-14(9-12-20)21-10-2-3-16(21)17(19)22/h4-7,14,16H,2-3,8-12H2,1H3,(H2,19,22)/t16-/m0/s1. The molecule has 2 saturated heterocycles. The summed E-state index contributed by atoms with van der Waals surface area (Å²) in [5.41, 5.74) is 6.20. The molecular weight excluding hydrogens is 306 g/mol. The van der Waals surface area contributed by atoms with Gasteiger partial charge in [-0.1, -0.05) is 0 Å². The number of carbonyl (C=O) groups is 2. The molecule has 3 rings (SSSR count). The van der Waals surface area contributed by atoms with E-state index in [1.54, 1.807) is 19.2 Å². The summed E-state index contributed by atoms with van der Waals surface area (Å²) in [4.78, 5) is 28.3. The summed E-state index contributed by atoms with van der Waals surface area (Å²) >= 11 is 0. The van der Waals surface area contributed by atoms with Crippen molar-refractivity contribution < 1.29 is 14.3 Å². The van der Waals surface area contributed by atoms with Crippen molar-refractivity contribution in [1.29, 1.82) is 0 Å². The number of piperidine rings is 1. The van der Waals surface area contributed by atoms with Crippen LogP contribution in [0.4, 0.5) is 0 Å². The molecule has 0 bridgehead atoms. The zero-order valence-corrected chi connectivity index (χ0v) is 14.1. The van der Waals surface area contributed by atoms with Crippen molar-refractivity contribution in [1.82, 2.24) is 9.80 Å². The van der Waals surface area contributed by atoms with E-state index in [-0.39, 0.29) is 17.9 Å². The number of nitrogens with two attached hydrogens (primary N) is 1. The third-order valence-electron chi connectivity index (χ3n) is 5.18. The second-order valence-electron chi connectivity index (χ2n) is 6.55. The minimum absolute atomic E-state index is 0.0592. The summed E-state index contributed by atoms with van der Waals surface area (Å²) in [6, 6.07) is 7.44. The van der Waals surface area contributed by atoms with E-state index in [0.29, 0.717) is 11.6 Å². The fraction of sp³-hybridized carbons (Fsp3) is 0.556. The number of ether oxygens (including phenoxy) is 1. The summed E-state index contributed by atoms with van der Waals surface area (Å²) in [5, 5.41) is 0. The molecule has 6 nitrogen and oxygen atoms in total. The van der Waals surface area contributed by atoms with Gasteiger partial charge >= 0.3 is 0 Å². The summed E-state index contributed by atoms with van der Waals surface area (Å²) in [6.07, 6.45) is 3.68. The zero-order chi connectivity index (χ0) is 17.1. The quantitative estimate of drug-likeness (QED) is 0.901. The van der Waals surface area contributed by atoms with Crippen molar-refractivity contribution in [3.63, 3.8) is 0 Å². The summed E-state index contributed by atoms with van der Waals surface area (Å²) in [6.45, 7) is 2.37. The van der Waals surface area contributed by atoms with Gasteiger partial charge in [0.05, 0.1) is 13.2 Å². The van der Waals surface area contributed by atoms with Crippen LogP contribution in [0.1, 0.15) is 36.0 Å². The van der Waals surface area contributed by atoms with Crippen LogP contribution >= 0.6 is 0 Å². The maximum Gasteiger partial charge on any atom is 0.253 e. The maximum atomic E-state index is 12.6. The van der Waals surface area contributed by atoms with Crippen LogP contribution in [-0.4, -0.2) is 60.4 Å². The van der Waals surface area contributed by atoms with Crippen LogP contribution in [0.25, 0.3) is 0 Å². The summed E-state index contributed by atoms with van der Waals surface area (Å²) in [5.74, 6) is 0.588. The molecule has 1 aromatic rings. The number of carbonyl (C=O) groups excluding carboxylic acids is 2. The van der Waals surface area contributed by atoms with E-state index < -0.39 is 0 Å². The number of benzene rings is 1. The van der Waals surface area contributed by atoms with Crippen LogP contribution in [0, 0.1) is 0 Å². The Morgan fingerprint density at radius 1 is 1.08 bits per heavy atom. The first-order chi connectivity index (χ1) is 11.6. The van der Waals surface area contributed by atoms with E-state index in [9.17, 15) is 9.59 Å². The summed E-state index contributed by atoms with van der Waals surface area (Å²) in [7, 11) is 1.61. The highest BCUT2D eigenvalue weighted by molar-refractivity contribution is 5.94. The number of amides is 2. The predicted molar refractivity (Wildman–Crippen MR) is 90.8 cm³/mol. The van der Waals surface area contributed by atoms with Gasteiger partial charge in [0.25, 0.3) is 5.91 Å². The molecule has 24 heavy (non-hydrogen) atoms. The number of nitrogens with zero attached hydrogens (tertiary/aromatic N) is 2. The first-order valence-electron chi connectivity index (χ1n) is 8.58. The van der Waals surface area contributed by atoms with E-state index in [2.05, 4.69) is 4.90 Å². The lowest BCUT2D eigenvalue weighted by molar-refractivity contribution is -0.123. The van der Waals surface area contributed by atoms with Crippen molar-refractivity contribution >= 4 is 11.8 Å². The largest absolute Gasteiger partial charge is 0.497 e. The van der Waals surface area contributed by atoms with Crippen LogP contribution in [0.2, 0.25) is 0 Å². The van der Waals surface area contributed by atoms with Crippen molar-refractivity contribution in [2.24, 2.45) is 5.73 Å². The van der Waals surface area contributed by atoms with Gasteiger partial charge in [0.1, 0.15) is 5.75 Å². The van der Waals surface area contributed by atoms with E-state index >= 15 is 0 Å². The SMILES string of the molecule is COc1ccc(C(=O)N2CCC(N3CCC[C@H]3C(N)=O)CC2)cc1. The molecule has 0 aromatic heterocycles. The van der Waals surface area contributed by atoms with E-state index in [1.165, 1.54) is 0 Å². The fourth-order valence-electron chi connectivity index (χ4n) is 3.85. The lowest BCUT2D eigenvalue weighted by Crippen LogP contribution is -2.51. The van der Waals surface area contributed by atoms with E-state index in [0.717, 1.165) is 51.1 Å². The molecule has 2 N–H and O–H groups in total. The molecule has 2 amide bonds. The molecule has 2 aliphatic rings. The molecule has 0 aliphatic carbocycles. The lowest BCUT2D eigenvalue weighted by atomic mass is 10.0. The Hall–Kier alpha value is -2.08. The first-order valence-corrected chi connectivity index (χ1v) is 8.58. The number of methoxy groups -OCH3 is 1. The van der Waals surface area contributed by atoms with E-state index in [1.807, 2.05) is 17.0 Å². The van der Waals surface area contributed by atoms with Crippen LogP contribution in [0.3, 0.4) is 0 Å². The van der Waals surface area contributed by atoms with Crippen LogP contribution < -0.4 is 10.5 Å². The molecule has 0 radical (unpaired) electrons. The molecule has 2 aliphatic heterocycles. The third-order valence-corrected chi connectivity index (χ3v) is 5.18. The Kier molecular flexibility index (Phi) is 5.04.